The molecule has 0 bridgehead atoms. The number of hydrogen-bond donors (Lipinski definition) is 1. The van der Waals surface area contributed by atoms with Gasteiger partial charge in [-0.25, -0.2) is 9.46 Å². The van der Waals surface area contributed by atoms with Crippen LogP contribution in [0.1, 0.15) is 39.3 Å². The van der Waals surface area contributed by atoms with Gasteiger partial charge in [-0.2, -0.15) is 5.26 Å². The number of ether oxygens (including phenoxy) is 2. The first kappa shape index (κ1) is 31.5. The van der Waals surface area contributed by atoms with Crippen LogP contribution in [0.2, 0.25) is 0 Å². The molecule has 13 nitrogen and oxygen atoms in total. The molecule has 1 aromatic rings. The molecule has 1 fully saturated rings. The first-order valence-electron chi connectivity index (χ1n) is 11.9. The number of H-pyrrole nitrogens is 1. The van der Waals surface area contributed by atoms with E-state index in [-0.39, 0.29) is 13.0 Å². The summed E-state index contributed by atoms with van der Waals surface area (Å²) in [5, 5.41) is 9.00. The van der Waals surface area contributed by atoms with E-state index >= 15 is 0 Å². The van der Waals surface area contributed by atoms with Crippen LogP contribution < -0.4 is 11.2 Å². The van der Waals surface area contributed by atoms with Crippen molar-refractivity contribution in [2.75, 3.05) is 41.0 Å². The molecule has 5 unspecified atom stereocenters. The summed E-state index contributed by atoms with van der Waals surface area (Å²) in [5.41, 5.74) is -1.24. The highest BCUT2D eigenvalue weighted by molar-refractivity contribution is 7.57. The van der Waals surface area contributed by atoms with Crippen LogP contribution in [-0.4, -0.2) is 73.6 Å². The normalized spacial score (nSPS) is 23.1. The Hall–Kier alpha value is -1.71. The number of nitriles is 1. The molecule has 1 aliphatic rings. The highest BCUT2D eigenvalue weighted by atomic mass is 31.2. The number of methoxy groups -OCH3 is 1. The van der Waals surface area contributed by atoms with Crippen LogP contribution in [0.4, 0.5) is 0 Å². The fraction of sp³-hybridized carbons (Fsp3) is 0.682. The van der Waals surface area contributed by atoms with Crippen molar-refractivity contribution in [3.8, 4) is 6.07 Å². The highest BCUT2D eigenvalue weighted by Crippen LogP contribution is 2.51. The maximum Gasteiger partial charge on any atom is 0.353 e. The molecule has 5 atom stereocenters. The van der Waals surface area contributed by atoms with E-state index in [0.29, 0.717) is 13.1 Å². The van der Waals surface area contributed by atoms with E-state index in [1.165, 1.54) is 50.1 Å². The van der Waals surface area contributed by atoms with Crippen molar-refractivity contribution in [2.45, 2.75) is 57.6 Å². The molecule has 208 valence electrons. The van der Waals surface area contributed by atoms with E-state index in [2.05, 4.69) is 15.7 Å². The standard InChI is InChI=1S/C22H36N4O9P2/c1-6-12-25(13-7-2)36(33-15-8-11-23)35-19-17(10-16-37(29,31-4)32-5)34-21(20(19)30-3)26-14-9-18(27)24-22(26)28/h9-10,14,16-17,19-21H,6-8,12-13,15H2,1-5H3,(H,24,27,28)/b16-10+. The van der Waals surface area contributed by atoms with Crippen LogP contribution in [0.3, 0.4) is 0 Å². The zero-order valence-electron chi connectivity index (χ0n) is 21.8. The molecule has 0 aromatic carbocycles. The summed E-state index contributed by atoms with van der Waals surface area (Å²) in [6.45, 7) is 5.65. The molecule has 2 rings (SSSR count). The second-order valence-electron chi connectivity index (χ2n) is 7.96. The minimum absolute atomic E-state index is 0.170. The van der Waals surface area contributed by atoms with Crippen molar-refractivity contribution in [3.05, 3.63) is 45.0 Å². The predicted molar refractivity (Wildman–Crippen MR) is 137 cm³/mol. The first-order valence-corrected chi connectivity index (χ1v) is 14.6. The van der Waals surface area contributed by atoms with E-state index in [1.54, 1.807) is 0 Å². The lowest BCUT2D eigenvalue weighted by Gasteiger charge is -2.33. The summed E-state index contributed by atoms with van der Waals surface area (Å²) in [4.78, 5) is 26.4. The van der Waals surface area contributed by atoms with Gasteiger partial charge in [-0.15, -0.1) is 0 Å². The molecule has 0 aliphatic carbocycles. The summed E-state index contributed by atoms with van der Waals surface area (Å²) in [6, 6.07) is 3.26. The van der Waals surface area contributed by atoms with Crippen LogP contribution in [-0.2, 0) is 32.1 Å². The maximum absolute atomic E-state index is 12.7. The van der Waals surface area contributed by atoms with Crippen molar-refractivity contribution >= 4 is 16.1 Å². The second kappa shape index (κ2) is 15.6. The molecule has 0 amide bonds. The molecule has 1 saturated heterocycles. The quantitative estimate of drug-likeness (QED) is 0.233. The Morgan fingerprint density at radius 1 is 1.22 bits per heavy atom. The summed E-state index contributed by atoms with van der Waals surface area (Å²) in [5.74, 6) is 1.26. The van der Waals surface area contributed by atoms with Gasteiger partial charge >= 0.3 is 13.3 Å². The van der Waals surface area contributed by atoms with Gasteiger partial charge in [-0.05, 0) is 18.9 Å². The third-order valence-corrected chi connectivity index (χ3v) is 8.66. The Balaban J connectivity index is 2.50. The molecule has 1 aliphatic heterocycles. The van der Waals surface area contributed by atoms with Crippen molar-refractivity contribution in [3.63, 3.8) is 0 Å². The monoisotopic (exact) mass is 562 g/mol. The van der Waals surface area contributed by atoms with Crippen molar-refractivity contribution in [1.82, 2.24) is 14.2 Å². The van der Waals surface area contributed by atoms with Gasteiger partial charge < -0.3 is 27.6 Å². The molecule has 0 spiro atoms. The van der Waals surface area contributed by atoms with E-state index in [9.17, 15) is 14.2 Å². The van der Waals surface area contributed by atoms with Crippen molar-refractivity contribution in [2.24, 2.45) is 0 Å². The maximum atomic E-state index is 12.7. The second-order valence-corrected chi connectivity index (χ2v) is 11.6. The van der Waals surface area contributed by atoms with Crippen LogP contribution in [0.5, 0.6) is 0 Å². The average molecular weight is 562 g/mol. The average Bonchev–Trinajstić information content (AvgIpc) is 3.23. The van der Waals surface area contributed by atoms with Gasteiger partial charge in [0.05, 0.1) is 19.1 Å². The van der Waals surface area contributed by atoms with Crippen LogP contribution in [0.25, 0.3) is 0 Å². The van der Waals surface area contributed by atoms with Crippen molar-refractivity contribution < 1.29 is 32.1 Å². The Labute approximate surface area is 217 Å². The number of aromatic nitrogens is 2. The number of hydrogen-bond acceptors (Lipinski definition) is 11. The van der Waals surface area contributed by atoms with E-state index in [4.69, 9.17) is 32.8 Å². The number of nitrogens with one attached hydrogen (secondary N) is 1. The summed E-state index contributed by atoms with van der Waals surface area (Å²) in [6.07, 6.45) is 1.19. The molecule has 1 aromatic heterocycles. The molecular formula is C22H36N4O9P2. The lowest BCUT2D eigenvalue weighted by molar-refractivity contribution is -0.0481. The van der Waals surface area contributed by atoms with Gasteiger partial charge in [0.2, 0.25) is 0 Å². The molecule has 2 heterocycles. The molecule has 0 radical (unpaired) electrons. The van der Waals surface area contributed by atoms with Crippen LogP contribution >= 0.6 is 16.1 Å². The zero-order valence-corrected chi connectivity index (χ0v) is 23.6. The topological polar surface area (TPSA) is 154 Å². The van der Waals surface area contributed by atoms with E-state index in [1.807, 2.05) is 13.8 Å². The zero-order chi connectivity index (χ0) is 27.4. The molecule has 1 N–H and O–H groups in total. The molecule has 37 heavy (non-hydrogen) atoms. The Morgan fingerprint density at radius 3 is 2.43 bits per heavy atom. The lowest BCUT2D eigenvalue weighted by atomic mass is 10.1. The number of aromatic amines is 1. The van der Waals surface area contributed by atoms with Gasteiger partial charge in [0.25, 0.3) is 14.1 Å². The highest BCUT2D eigenvalue weighted by Gasteiger charge is 2.48. The van der Waals surface area contributed by atoms with Gasteiger partial charge in [-0.3, -0.25) is 18.9 Å². The largest absolute Gasteiger partial charge is 0.374 e. The Morgan fingerprint density at radius 2 is 1.89 bits per heavy atom. The smallest absolute Gasteiger partial charge is 0.353 e. The predicted octanol–water partition coefficient (Wildman–Crippen LogP) is 3.11. The minimum atomic E-state index is -3.54. The summed E-state index contributed by atoms with van der Waals surface area (Å²) < 4.78 is 50.3. The molecular weight excluding hydrogens is 526 g/mol. The van der Waals surface area contributed by atoms with Crippen LogP contribution in [0, 0.1) is 11.3 Å². The van der Waals surface area contributed by atoms with E-state index < -0.39 is 51.9 Å². The molecule has 0 saturated carbocycles. The fourth-order valence-electron chi connectivity index (χ4n) is 3.67. The van der Waals surface area contributed by atoms with Gasteiger partial charge in [-0.1, -0.05) is 13.8 Å². The fourth-order valence-corrected chi connectivity index (χ4v) is 6.22. The summed E-state index contributed by atoms with van der Waals surface area (Å²) >= 11 is 0. The van der Waals surface area contributed by atoms with Crippen LogP contribution in [0.15, 0.2) is 33.7 Å². The van der Waals surface area contributed by atoms with E-state index in [0.717, 1.165) is 12.8 Å². The third kappa shape index (κ3) is 8.65. The van der Waals surface area contributed by atoms with Gasteiger partial charge in [0, 0.05) is 52.5 Å². The molecule has 15 heteroatoms. The van der Waals surface area contributed by atoms with Gasteiger partial charge in [0.15, 0.2) is 6.23 Å². The third-order valence-electron chi connectivity index (χ3n) is 5.41. The van der Waals surface area contributed by atoms with Gasteiger partial charge in [0.1, 0.15) is 18.3 Å². The van der Waals surface area contributed by atoms with Crippen molar-refractivity contribution in [1.29, 1.82) is 5.26 Å². The Bertz CT molecular complexity index is 1060. The minimum Gasteiger partial charge on any atom is -0.374 e. The summed E-state index contributed by atoms with van der Waals surface area (Å²) in [7, 11) is -1.23. The number of nitrogens with zero attached hydrogens (tertiary/aromatic N) is 3. The Kier molecular flexibility index (Phi) is 13.3. The lowest BCUT2D eigenvalue weighted by Crippen LogP contribution is -2.39. The first-order chi connectivity index (χ1) is 17.8. The SMILES string of the molecule is CCCN(CCC)P(OCCC#N)OC1C(/C=C/P(=O)(OC)OC)OC(n2ccc(=O)[nH]c2=O)C1OC. The number of rotatable bonds is 16.